The fourth-order valence-corrected chi connectivity index (χ4v) is 0.579. The van der Waals surface area contributed by atoms with Crippen molar-refractivity contribution in [2.24, 2.45) is 11.5 Å². The standard InChI is InChI=1S/C7H11N3O2/c1-2-3-10-7(12)5(8)4-6(9)11/h1,5H,3-4,8H2,(H2,9,11)(H,10,12). The molecule has 0 aromatic carbocycles. The molecule has 0 spiro atoms. The summed E-state index contributed by atoms with van der Waals surface area (Å²) in [6, 6.07) is -0.907. The van der Waals surface area contributed by atoms with Gasteiger partial charge in [0, 0.05) is 0 Å². The maximum atomic E-state index is 10.9. The molecule has 12 heavy (non-hydrogen) atoms. The van der Waals surface area contributed by atoms with Crippen LogP contribution in [0, 0.1) is 12.3 Å². The zero-order chi connectivity index (χ0) is 9.56. The number of nitrogens with one attached hydrogen (secondary N) is 1. The summed E-state index contributed by atoms with van der Waals surface area (Å²) in [4.78, 5) is 21.2. The Morgan fingerprint density at radius 3 is 2.58 bits per heavy atom. The molecule has 5 nitrogen and oxygen atoms in total. The van der Waals surface area contributed by atoms with Crippen LogP contribution in [0.5, 0.6) is 0 Å². The molecule has 0 saturated heterocycles. The molecule has 5 N–H and O–H groups in total. The van der Waals surface area contributed by atoms with Crippen molar-refractivity contribution in [2.45, 2.75) is 12.5 Å². The Morgan fingerprint density at radius 1 is 1.58 bits per heavy atom. The summed E-state index contributed by atoms with van der Waals surface area (Å²) in [5.74, 6) is 1.12. The Balaban J connectivity index is 3.78. The predicted octanol–water partition coefficient (Wildman–Crippen LogP) is -2.06. The monoisotopic (exact) mass is 169 g/mol. The Hall–Kier alpha value is -1.54. The van der Waals surface area contributed by atoms with Gasteiger partial charge in [0.2, 0.25) is 11.8 Å². The number of primary amides is 1. The SMILES string of the molecule is C#CCNC(=O)C(N)CC(N)=O. The van der Waals surface area contributed by atoms with Crippen LogP contribution in [0.2, 0.25) is 0 Å². The molecule has 66 valence electrons. The Bertz CT molecular complexity index is 219. The molecule has 0 aliphatic rings. The van der Waals surface area contributed by atoms with Crippen molar-refractivity contribution in [1.82, 2.24) is 5.32 Å². The molecule has 0 radical (unpaired) electrons. The molecule has 5 heteroatoms. The van der Waals surface area contributed by atoms with Gasteiger partial charge in [-0.25, -0.2) is 0 Å². The third-order valence-corrected chi connectivity index (χ3v) is 1.12. The van der Waals surface area contributed by atoms with E-state index in [4.69, 9.17) is 17.9 Å². The molecule has 0 heterocycles. The van der Waals surface area contributed by atoms with Gasteiger partial charge < -0.3 is 16.8 Å². The van der Waals surface area contributed by atoms with E-state index in [9.17, 15) is 9.59 Å². The van der Waals surface area contributed by atoms with Gasteiger partial charge in [0.1, 0.15) is 0 Å². The molecule has 0 aromatic rings. The molecule has 0 rings (SSSR count). The number of carbonyl (C=O) groups is 2. The van der Waals surface area contributed by atoms with Crippen LogP contribution in [-0.2, 0) is 9.59 Å². The van der Waals surface area contributed by atoms with Crippen LogP contribution in [0.1, 0.15) is 6.42 Å². The summed E-state index contributed by atoms with van der Waals surface area (Å²) in [6.07, 6.45) is 4.71. The minimum absolute atomic E-state index is 0.102. The molecular formula is C7H11N3O2. The minimum atomic E-state index is -0.907. The Labute approximate surface area is 70.5 Å². The topological polar surface area (TPSA) is 98.2 Å². The fraction of sp³-hybridized carbons (Fsp3) is 0.429. The van der Waals surface area contributed by atoms with Crippen LogP contribution >= 0.6 is 0 Å². The first-order chi connectivity index (χ1) is 5.57. The summed E-state index contributed by atoms with van der Waals surface area (Å²) >= 11 is 0. The Kier molecular flexibility index (Phi) is 4.49. The lowest BCUT2D eigenvalue weighted by Gasteiger charge is -2.07. The second-order valence-corrected chi connectivity index (χ2v) is 2.20. The average Bonchev–Trinajstić information content (AvgIpc) is 1.98. The number of hydrogen-bond acceptors (Lipinski definition) is 3. The second kappa shape index (κ2) is 5.16. The summed E-state index contributed by atoms with van der Waals surface area (Å²) in [5, 5.41) is 2.33. The van der Waals surface area contributed by atoms with Crippen LogP contribution in [0.3, 0.4) is 0 Å². The van der Waals surface area contributed by atoms with Gasteiger partial charge in [0.25, 0.3) is 0 Å². The largest absolute Gasteiger partial charge is 0.370 e. The summed E-state index contributed by atoms with van der Waals surface area (Å²) in [6.45, 7) is 0.102. The molecule has 1 atom stereocenters. The van der Waals surface area contributed by atoms with Crippen molar-refractivity contribution in [1.29, 1.82) is 0 Å². The maximum Gasteiger partial charge on any atom is 0.238 e. The van der Waals surface area contributed by atoms with E-state index in [1.165, 1.54) is 0 Å². The first kappa shape index (κ1) is 10.5. The second-order valence-electron chi connectivity index (χ2n) is 2.20. The highest BCUT2D eigenvalue weighted by Crippen LogP contribution is 1.85. The van der Waals surface area contributed by atoms with Crippen LogP contribution < -0.4 is 16.8 Å². The van der Waals surface area contributed by atoms with Gasteiger partial charge in [-0.1, -0.05) is 5.92 Å². The Morgan fingerprint density at radius 2 is 2.17 bits per heavy atom. The highest BCUT2D eigenvalue weighted by molar-refractivity contribution is 5.87. The smallest absolute Gasteiger partial charge is 0.238 e. The number of amides is 2. The fourth-order valence-electron chi connectivity index (χ4n) is 0.579. The van der Waals surface area contributed by atoms with Gasteiger partial charge >= 0.3 is 0 Å². The van der Waals surface area contributed by atoms with Crippen LogP contribution in [0.4, 0.5) is 0 Å². The van der Waals surface area contributed by atoms with Crippen LogP contribution in [-0.4, -0.2) is 24.4 Å². The van der Waals surface area contributed by atoms with Crippen molar-refractivity contribution in [2.75, 3.05) is 6.54 Å². The number of carbonyl (C=O) groups excluding carboxylic acids is 2. The predicted molar refractivity (Wildman–Crippen MR) is 43.6 cm³/mol. The summed E-state index contributed by atoms with van der Waals surface area (Å²) in [5.41, 5.74) is 10.1. The molecule has 0 saturated carbocycles. The van der Waals surface area contributed by atoms with E-state index in [1.54, 1.807) is 0 Å². The zero-order valence-corrected chi connectivity index (χ0v) is 6.54. The molecule has 0 aliphatic carbocycles. The number of rotatable bonds is 4. The van der Waals surface area contributed by atoms with Crippen molar-refractivity contribution in [3.8, 4) is 12.3 Å². The number of hydrogen-bond donors (Lipinski definition) is 3. The highest BCUT2D eigenvalue weighted by Gasteiger charge is 2.14. The van der Waals surface area contributed by atoms with Crippen molar-refractivity contribution >= 4 is 11.8 Å². The van der Waals surface area contributed by atoms with Gasteiger partial charge in [-0.3, -0.25) is 9.59 Å². The first-order valence-corrected chi connectivity index (χ1v) is 3.33. The van der Waals surface area contributed by atoms with Crippen LogP contribution in [0.25, 0.3) is 0 Å². The lowest BCUT2D eigenvalue weighted by atomic mass is 10.2. The van der Waals surface area contributed by atoms with E-state index in [1.807, 2.05) is 0 Å². The quantitative estimate of drug-likeness (QED) is 0.422. The van der Waals surface area contributed by atoms with E-state index in [-0.39, 0.29) is 13.0 Å². The molecule has 2 amide bonds. The minimum Gasteiger partial charge on any atom is -0.370 e. The lowest BCUT2D eigenvalue weighted by molar-refractivity contribution is -0.126. The van der Waals surface area contributed by atoms with E-state index in [2.05, 4.69) is 11.2 Å². The van der Waals surface area contributed by atoms with E-state index < -0.39 is 17.9 Å². The van der Waals surface area contributed by atoms with E-state index >= 15 is 0 Å². The molecule has 0 fully saturated rings. The van der Waals surface area contributed by atoms with Crippen molar-refractivity contribution < 1.29 is 9.59 Å². The molecule has 0 bridgehead atoms. The van der Waals surface area contributed by atoms with Gasteiger partial charge in [0.05, 0.1) is 19.0 Å². The number of nitrogens with two attached hydrogens (primary N) is 2. The highest BCUT2D eigenvalue weighted by atomic mass is 16.2. The van der Waals surface area contributed by atoms with E-state index in [0.717, 1.165) is 0 Å². The molecular weight excluding hydrogens is 158 g/mol. The van der Waals surface area contributed by atoms with Gasteiger partial charge in [-0.05, 0) is 0 Å². The third-order valence-electron chi connectivity index (χ3n) is 1.12. The normalized spacial score (nSPS) is 11.3. The molecule has 0 aromatic heterocycles. The van der Waals surface area contributed by atoms with E-state index in [0.29, 0.717) is 0 Å². The number of terminal acetylenes is 1. The van der Waals surface area contributed by atoms with Crippen LogP contribution in [0.15, 0.2) is 0 Å². The first-order valence-electron chi connectivity index (χ1n) is 3.33. The van der Waals surface area contributed by atoms with Gasteiger partial charge in [-0.2, -0.15) is 0 Å². The average molecular weight is 169 g/mol. The molecule has 0 aliphatic heterocycles. The summed E-state index contributed by atoms with van der Waals surface area (Å²) < 4.78 is 0. The molecule has 1 unspecified atom stereocenters. The zero-order valence-electron chi connectivity index (χ0n) is 6.54. The van der Waals surface area contributed by atoms with Gasteiger partial charge in [0.15, 0.2) is 0 Å². The lowest BCUT2D eigenvalue weighted by Crippen LogP contribution is -2.43. The maximum absolute atomic E-state index is 10.9. The van der Waals surface area contributed by atoms with Crippen molar-refractivity contribution in [3.05, 3.63) is 0 Å². The third kappa shape index (κ3) is 4.30. The van der Waals surface area contributed by atoms with Gasteiger partial charge in [-0.15, -0.1) is 6.42 Å². The summed E-state index contributed by atoms with van der Waals surface area (Å²) in [7, 11) is 0. The van der Waals surface area contributed by atoms with Crippen molar-refractivity contribution in [3.63, 3.8) is 0 Å².